The van der Waals surface area contributed by atoms with Gasteiger partial charge in [0.05, 0.1) is 16.1 Å². The Bertz CT molecular complexity index is 211. The fraction of sp³-hybridized carbons (Fsp3) is 0.636. The van der Waals surface area contributed by atoms with Crippen LogP contribution in [0.4, 0.5) is 0 Å². The average molecular weight is 211 g/mol. The Morgan fingerprint density at radius 2 is 1.46 bits per heavy atom. The topological polar surface area (TPSA) is 0 Å². The summed E-state index contributed by atoms with van der Waals surface area (Å²) in [6.07, 6.45) is 4.39. The highest BCUT2D eigenvalue weighted by Gasteiger charge is 2.20. The molecule has 0 unspecified atom stereocenters. The Kier molecular flexibility index (Phi) is 4.39. The van der Waals surface area contributed by atoms with E-state index in [0.717, 1.165) is 0 Å². The van der Waals surface area contributed by atoms with Gasteiger partial charge in [0, 0.05) is 0 Å². The second-order valence-electron chi connectivity index (χ2n) is 5.54. The molecular formula is C11H23Si2. The Balaban J connectivity index is 4.94. The first kappa shape index (κ1) is 12.9. The third-order valence-corrected chi connectivity index (χ3v) is 4.83. The van der Waals surface area contributed by atoms with Crippen LogP contribution in [0.1, 0.15) is 6.92 Å². The molecule has 0 heterocycles. The fourth-order valence-electron chi connectivity index (χ4n) is 1.05. The van der Waals surface area contributed by atoms with Crippen molar-refractivity contribution in [3.63, 3.8) is 0 Å². The van der Waals surface area contributed by atoms with Crippen molar-refractivity contribution in [3.05, 3.63) is 23.0 Å². The molecule has 0 aromatic carbocycles. The molecule has 2 heteroatoms. The van der Waals surface area contributed by atoms with Gasteiger partial charge in [0.15, 0.2) is 0 Å². The zero-order valence-electron chi connectivity index (χ0n) is 10.2. The van der Waals surface area contributed by atoms with Crippen LogP contribution in [0.15, 0.2) is 17.3 Å². The van der Waals surface area contributed by atoms with Gasteiger partial charge in [-0.05, 0) is 6.92 Å². The first-order chi connectivity index (χ1) is 5.67. The minimum Gasteiger partial charge on any atom is -0.0878 e. The molecular weight excluding hydrogens is 188 g/mol. The molecule has 0 saturated carbocycles. The maximum absolute atomic E-state index is 3.73. The number of hydrogen-bond donors (Lipinski definition) is 0. The predicted octanol–water partition coefficient (Wildman–Crippen LogP) is 4.05. The van der Waals surface area contributed by atoms with Crippen molar-refractivity contribution in [1.29, 1.82) is 0 Å². The molecule has 0 bridgehead atoms. The van der Waals surface area contributed by atoms with Gasteiger partial charge in [-0.1, -0.05) is 62.3 Å². The maximum Gasteiger partial charge on any atom is 0.0774 e. The van der Waals surface area contributed by atoms with Crippen LogP contribution in [0.5, 0.6) is 0 Å². The van der Waals surface area contributed by atoms with E-state index in [4.69, 9.17) is 0 Å². The Hall–Kier alpha value is -0.0862. The monoisotopic (exact) mass is 211 g/mol. The number of hydrogen-bond acceptors (Lipinski definition) is 0. The molecule has 1 radical (unpaired) electrons. The van der Waals surface area contributed by atoms with Gasteiger partial charge >= 0.3 is 0 Å². The smallest absolute Gasteiger partial charge is 0.0774 e. The molecule has 0 rings (SSSR count). The zero-order chi connectivity index (χ0) is 10.7. The summed E-state index contributed by atoms with van der Waals surface area (Å²) in [4.78, 5) is 0. The molecule has 0 spiro atoms. The predicted molar refractivity (Wildman–Crippen MR) is 68.3 cm³/mol. The normalized spacial score (nSPS) is 15.5. The van der Waals surface area contributed by atoms with Crippen molar-refractivity contribution in [2.75, 3.05) is 0 Å². The lowest BCUT2D eigenvalue weighted by atomic mass is 10.5. The minimum absolute atomic E-state index is 1.16. The van der Waals surface area contributed by atoms with Crippen LogP contribution in [0.25, 0.3) is 0 Å². The van der Waals surface area contributed by atoms with E-state index in [1.54, 1.807) is 0 Å². The van der Waals surface area contributed by atoms with Crippen molar-refractivity contribution in [2.45, 2.75) is 46.2 Å². The molecule has 0 N–H and O–H groups in total. The van der Waals surface area contributed by atoms with E-state index < -0.39 is 16.1 Å². The van der Waals surface area contributed by atoms with Crippen LogP contribution in [-0.4, -0.2) is 16.1 Å². The standard InChI is InChI=1S/C11H23Si2/c1-8-9-11(13(5,6)7)10-12(2,3)4/h8-9H,1-7H3/b9-8+,11-10?. The van der Waals surface area contributed by atoms with Crippen LogP contribution in [0.2, 0.25) is 39.3 Å². The highest BCUT2D eigenvalue weighted by molar-refractivity contribution is 6.87. The van der Waals surface area contributed by atoms with E-state index in [2.05, 4.69) is 64.1 Å². The quantitative estimate of drug-likeness (QED) is 0.488. The molecule has 0 aromatic heterocycles. The molecule has 0 atom stereocenters. The van der Waals surface area contributed by atoms with Gasteiger partial charge < -0.3 is 0 Å². The molecule has 0 fully saturated rings. The van der Waals surface area contributed by atoms with E-state index in [1.807, 2.05) is 0 Å². The average Bonchev–Trinajstić information content (AvgIpc) is 1.81. The Morgan fingerprint density at radius 3 is 1.69 bits per heavy atom. The molecule has 0 aromatic rings. The largest absolute Gasteiger partial charge is 0.0878 e. The van der Waals surface area contributed by atoms with Crippen molar-refractivity contribution in [2.24, 2.45) is 0 Å². The van der Waals surface area contributed by atoms with Crippen molar-refractivity contribution < 1.29 is 0 Å². The van der Waals surface area contributed by atoms with Gasteiger partial charge in [-0.25, -0.2) is 0 Å². The summed E-state index contributed by atoms with van der Waals surface area (Å²) in [7, 11) is -2.33. The van der Waals surface area contributed by atoms with Gasteiger partial charge in [0.2, 0.25) is 0 Å². The van der Waals surface area contributed by atoms with Gasteiger partial charge in [-0.15, -0.1) is 0 Å². The van der Waals surface area contributed by atoms with E-state index in [9.17, 15) is 0 Å². The lowest BCUT2D eigenvalue weighted by molar-refractivity contribution is 1.58. The van der Waals surface area contributed by atoms with E-state index in [-0.39, 0.29) is 0 Å². The van der Waals surface area contributed by atoms with Crippen molar-refractivity contribution >= 4 is 16.1 Å². The highest BCUT2D eigenvalue weighted by atomic mass is 28.3. The summed E-state index contributed by atoms with van der Waals surface area (Å²) in [5, 5.41) is 1.49. The summed E-state index contributed by atoms with van der Waals surface area (Å²) in [5.41, 5.74) is 3.73. The second kappa shape index (κ2) is 4.42. The van der Waals surface area contributed by atoms with Gasteiger partial charge in [-0.3, -0.25) is 0 Å². The molecule has 0 nitrogen and oxygen atoms in total. The summed E-state index contributed by atoms with van der Waals surface area (Å²) in [6.45, 7) is 16.3. The van der Waals surface area contributed by atoms with E-state index in [1.165, 1.54) is 5.20 Å². The van der Waals surface area contributed by atoms with Gasteiger partial charge in [0.25, 0.3) is 0 Å². The van der Waals surface area contributed by atoms with Crippen LogP contribution in [-0.2, 0) is 0 Å². The van der Waals surface area contributed by atoms with Gasteiger partial charge in [-0.2, -0.15) is 0 Å². The van der Waals surface area contributed by atoms with Crippen LogP contribution >= 0.6 is 0 Å². The van der Waals surface area contributed by atoms with E-state index in [0.29, 0.717) is 0 Å². The molecule has 0 aliphatic carbocycles. The SMILES string of the molecule is C/C=C/C(=[C]\[Si](C)(C)C)[Si](C)(C)C. The second-order valence-corrected chi connectivity index (χ2v) is 15.3. The fourth-order valence-corrected chi connectivity index (χ4v) is 5.23. The molecule has 0 aliphatic heterocycles. The van der Waals surface area contributed by atoms with Crippen LogP contribution < -0.4 is 0 Å². The third kappa shape index (κ3) is 6.05. The number of allylic oxidation sites excluding steroid dienone is 3. The molecule has 13 heavy (non-hydrogen) atoms. The summed E-state index contributed by atoms with van der Waals surface area (Å²) >= 11 is 0. The first-order valence-electron chi connectivity index (χ1n) is 4.95. The minimum atomic E-state index is -1.17. The van der Waals surface area contributed by atoms with Crippen LogP contribution in [0.3, 0.4) is 0 Å². The molecule has 75 valence electrons. The Morgan fingerprint density at radius 1 is 1.00 bits per heavy atom. The summed E-state index contributed by atoms with van der Waals surface area (Å²) in [5.74, 6) is 0. The van der Waals surface area contributed by atoms with Crippen LogP contribution in [0, 0.1) is 5.70 Å². The third-order valence-electron chi connectivity index (χ3n) is 1.65. The van der Waals surface area contributed by atoms with Gasteiger partial charge in [0.1, 0.15) is 0 Å². The summed E-state index contributed by atoms with van der Waals surface area (Å²) < 4.78 is 0. The highest BCUT2D eigenvalue weighted by Crippen LogP contribution is 2.18. The van der Waals surface area contributed by atoms with Crippen molar-refractivity contribution in [1.82, 2.24) is 0 Å². The maximum atomic E-state index is 3.73. The summed E-state index contributed by atoms with van der Waals surface area (Å²) in [6, 6.07) is 0. The lowest BCUT2D eigenvalue weighted by Gasteiger charge is -2.21. The molecule has 0 aliphatic rings. The first-order valence-corrected chi connectivity index (χ1v) is 11.9. The Labute approximate surface area is 85.8 Å². The zero-order valence-corrected chi connectivity index (χ0v) is 12.2. The lowest BCUT2D eigenvalue weighted by Crippen LogP contribution is -2.28. The van der Waals surface area contributed by atoms with Crippen molar-refractivity contribution in [3.8, 4) is 0 Å². The molecule has 0 saturated heterocycles. The number of rotatable bonds is 3. The molecule has 0 amide bonds. The van der Waals surface area contributed by atoms with E-state index >= 15 is 0 Å².